The Bertz CT molecular complexity index is 1210. The predicted molar refractivity (Wildman–Crippen MR) is 119 cm³/mol. The van der Waals surface area contributed by atoms with E-state index in [0.717, 1.165) is 32.1 Å². The third-order valence-corrected chi connectivity index (χ3v) is 5.78. The first-order chi connectivity index (χ1) is 14.2. The second-order valence-electron chi connectivity index (χ2n) is 7.09. The maximum Gasteiger partial charge on any atom is 0.270 e. The highest BCUT2D eigenvalue weighted by Crippen LogP contribution is 2.36. The molecular weight excluding hydrogens is 426 g/mol. The summed E-state index contributed by atoms with van der Waals surface area (Å²) >= 11 is 3.49. The van der Waals surface area contributed by atoms with Gasteiger partial charge in [0, 0.05) is 27.1 Å². The molecule has 3 aromatic carbocycles. The van der Waals surface area contributed by atoms with Gasteiger partial charge in [0.1, 0.15) is 11.8 Å². The Kier molecular flexibility index (Phi) is 4.52. The van der Waals surface area contributed by atoms with Gasteiger partial charge in [-0.05, 0) is 23.3 Å². The van der Waals surface area contributed by atoms with Crippen molar-refractivity contribution < 1.29 is 4.79 Å². The van der Waals surface area contributed by atoms with Crippen molar-refractivity contribution in [1.82, 2.24) is 10.3 Å². The summed E-state index contributed by atoms with van der Waals surface area (Å²) in [6, 6.07) is 25.7. The molecule has 4 nitrogen and oxygen atoms in total. The van der Waals surface area contributed by atoms with Crippen LogP contribution in [0.1, 0.15) is 28.8 Å². The van der Waals surface area contributed by atoms with Crippen LogP contribution in [0.15, 0.2) is 94.5 Å². The Morgan fingerprint density at radius 3 is 2.28 bits per heavy atom. The number of aliphatic imine (C=N–C) groups is 1. The van der Waals surface area contributed by atoms with Crippen LogP contribution >= 0.6 is 15.9 Å². The smallest absolute Gasteiger partial charge is 0.270 e. The van der Waals surface area contributed by atoms with Gasteiger partial charge < -0.3 is 10.3 Å². The highest BCUT2D eigenvalue weighted by Gasteiger charge is 2.34. The number of hydrogen-bond donors (Lipinski definition) is 2. The van der Waals surface area contributed by atoms with Crippen molar-refractivity contribution in [3.05, 3.63) is 106 Å². The second-order valence-corrected chi connectivity index (χ2v) is 8.00. The van der Waals surface area contributed by atoms with Gasteiger partial charge in [0.15, 0.2) is 0 Å². The van der Waals surface area contributed by atoms with Crippen molar-refractivity contribution >= 4 is 38.5 Å². The van der Waals surface area contributed by atoms with E-state index in [1.54, 1.807) is 0 Å². The van der Waals surface area contributed by atoms with E-state index < -0.39 is 0 Å². The molecule has 0 fully saturated rings. The lowest BCUT2D eigenvalue weighted by molar-refractivity contribution is -0.116. The zero-order valence-corrected chi connectivity index (χ0v) is 17.1. The summed E-state index contributed by atoms with van der Waals surface area (Å²) in [5.41, 5.74) is 4.35. The molecule has 1 aliphatic rings. The molecule has 0 aliphatic carbocycles. The van der Waals surface area contributed by atoms with Gasteiger partial charge >= 0.3 is 0 Å². The number of nitrogens with zero attached hydrogens (tertiary/aromatic N) is 1. The number of rotatable bonds is 3. The fourth-order valence-corrected chi connectivity index (χ4v) is 4.25. The van der Waals surface area contributed by atoms with E-state index in [1.807, 2.05) is 72.9 Å². The molecule has 0 bridgehead atoms. The fourth-order valence-electron chi connectivity index (χ4n) is 3.89. The Hall–Kier alpha value is -3.18. The zero-order valence-electron chi connectivity index (χ0n) is 15.5. The van der Waals surface area contributed by atoms with E-state index in [2.05, 4.69) is 38.4 Å². The number of benzene rings is 3. The summed E-state index contributed by atoms with van der Waals surface area (Å²) in [5.74, 6) is -0.158. The van der Waals surface area contributed by atoms with Crippen molar-refractivity contribution in [3.63, 3.8) is 0 Å². The van der Waals surface area contributed by atoms with Crippen molar-refractivity contribution in [1.29, 1.82) is 0 Å². The Morgan fingerprint density at radius 2 is 1.55 bits per heavy atom. The number of aromatic amines is 1. The number of carbonyl (C=O) groups excluding carboxylic acids is 1. The molecule has 2 atom stereocenters. The lowest BCUT2D eigenvalue weighted by Crippen LogP contribution is -2.42. The van der Waals surface area contributed by atoms with E-state index in [4.69, 9.17) is 4.99 Å². The molecule has 0 saturated carbocycles. The minimum absolute atomic E-state index is 0.158. The van der Waals surface area contributed by atoms with Gasteiger partial charge in [-0.3, -0.25) is 9.79 Å². The molecule has 0 spiro atoms. The zero-order chi connectivity index (χ0) is 19.8. The van der Waals surface area contributed by atoms with Crippen molar-refractivity contribution in [2.45, 2.75) is 12.1 Å². The van der Waals surface area contributed by atoms with Gasteiger partial charge in [-0.25, -0.2) is 0 Å². The van der Waals surface area contributed by atoms with Crippen molar-refractivity contribution in [3.8, 4) is 0 Å². The average molecular weight is 444 g/mol. The maximum atomic E-state index is 13.1. The van der Waals surface area contributed by atoms with E-state index in [-0.39, 0.29) is 18.0 Å². The van der Waals surface area contributed by atoms with Crippen LogP contribution in [0.2, 0.25) is 0 Å². The van der Waals surface area contributed by atoms with Crippen LogP contribution in [0.3, 0.4) is 0 Å². The Labute approximate surface area is 176 Å². The number of H-pyrrole nitrogens is 1. The molecule has 1 aromatic heterocycles. The number of fused-ring (bicyclic) bond motifs is 1. The summed E-state index contributed by atoms with van der Waals surface area (Å²) < 4.78 is 0.986. The molecule has 2 N–H and O–H groups in total. The molecule has 0 unspecified atom stereocenters. The van der Waals surface area contributed by atoms with Gasteiger partial charge in [0.05, 0.1) is 6.04 Å². The molecule has 1 amide bonds. The minimum atomic E-state index is -0.214. The molecule has 0 saturated heterocycles. The molecule has 0 radical (unpaired) electrons. The normalized spacial score (nSPS) is 19.1. The first kappa shape index (κ1) is 17.9. The largest absolute Gasteiger partial charge is 0.360 e. The van der Waals surface area contributed by atoms with Gasteiger partial charge in [-0.1, -0.05) is 82.7 Å². The number of carbonyl (C=O) groups is 1. The minimum Gasteiger partial charge on any atom is -0.360 e. The maximum absolute atomic E-state index is 13.1. The van der Waals surface area contributed by atoms with Crippen LogP contribution < -0.4 is 5.32 Å². The van der Waals surface area contributed by atoms with Crippen LogP contribution in [-0.2, 0) is 4.79 Å². The highest BCUT2D eigenvalue weighted by molar-refractivity contribution is 9.10. The molecule has 2 heterocycles. The van der Waals surface area contributed by atoms with Gasteiger partial charge in [0.25, 0.3) is 5.91 Å². The molecular formula is C24H18BrN3O. The quantitative estimate of drug-likeness (QED) is 0.441. The topological polar surface area (TPSA) is 57.2 Å². The lowest BCUT2D eigenvalue weighted by atomic mass is 9.91. The molecule has 1 aliphatic heterocycles. The van der Waals surface area contributed by atoms with Crippen LogP contribution in [-0.4, -0.2) is 16.6 Å². The Balaban J connectivity index is 1.66. The lowest BCUT2D eigenvalue weighted by Gasteiger charge is -2.31. The van der Waals surface area contributed by atoms with E-state index in [0.29, 0.717) is 5.71 Å². The molecule has 5 heteroatoms. The van der Waals surface area contributed by atoms with Crippen molar-refractivity contribution in [2.75, 3.05) is 0 Å². The van der Waals surface area contributed by atoms with E-state index in [9.17, 15) is 4.79 Å². The first-order valence-corrected chi connectivity index (χ1v) is 10.3. The van der Waals surface area contributed by atoms with E-state index in [1.165, 1.54) is 0 Å². The summed E-state index contributed by atoms with van der Waals surface area (Å²) in [5, 5.41) is 4.18. The van der Waals surface area contributed by atoms with Crippen LogP contribution in [0.25, 0.3) is 10.9 Å². The molecule has 4 aromatic rings. The number of amides is 1. The average Bonchev–Trinajstić information content (AvgIpc) is 3.17. The Morgan fingerprint density at radius 1 is 0.862 bits per heavy atom. The van der Waals surface area contributed by atoms with Crippen LogP contribution in [0, 0.1) is 0 Å². The van der Waals surface area contributed by atoms with Crippen LogP contribution in [0.5, 0.6) is 0 Å². The monoisotopic (exact) mass is 443 g/mol. The molecule has 29 heavy (non-hydrogen) atoms. The first-order valence-electron chi connectivity index (χ1n) is 9.46. The van der Waals surface area contributed by atoms with Crippen molar-refractivity contribution in [2.24, 2.45) is 4.99 Å². The van der Waals surface area contributed by atoms with Gasteiger partial charge in [0.2, 0.25) is 0 Å². The van der Waals surface area contributed by atoms with E-state index >= 15 is 0 Å². The summed E-state index contributed by atoms with van der Waals surface area (Å²) in [4.78, 5) is 21.3. The summed E-state index contributed by atoms with van der Waals surface area (Å²) in [6.45, 7) is 0. The van der Waals surface area contributed by atoms with Gasteiger partial charge in [-0.2, -0.15) is 0 Å². The second kappa shape index (κ2) is 7.33. The third kappa shape index (κ3) is 3.28. The SMILES string of the molecule is O=C1N[C@H](c2ccccc2)[C@@H](c2ccccc2)N=C1c1c[nH]c2cc(Br)ccc12. The number of halogens is 1. The van der Waals surface area contributed by atoms with Gasteiger partial charge in [-0.15, -0.1) is 0 Å². The van der Waals surface area contributed by atoms with Crippen LogP contribution in [0.4, 0.5) is 0 Å². The number of aromatic nitrogens is 1. The standard InChI is InChI=1S/C24H18BrN3O/c25-17-11-12-18-19(14-26-20(18)13-17)23-24(29)28-22(16-9-5-2-6-10-16)21(27-23)15-7-3-1-4-8-15/h1-14,21-22,26H,(H,28,29)/t21-,22-/m1/s1. The fraction of sp³-hybridized carbons (Fsp3) is 0.0833. The molecule has 142 valence electrons. The summed E-state index contributed by atoms with van der Waals surface area (Å²) in [7, 11) is 0. The third-order valence-electron chi connectivity index (χ3n) is 5.28. The number of hydrogen-bond acceptors (Lipinski definition) is 2. The predicted octanol–water partition coefficient (Wildman–Crippen LogP) is 5.33. The number of nitrogens with one attached hydrogen (secondary N) is 2. The molecule has 5 rings (SSSR count). The highest BCUT2D eigenvalue weighted by atomic mass is 79.9. The summed E-state index contributed by atoms with van der Waals surface area (Å²) in [6.07, 6.45) is 1.86.